The van der Waals surface area contributed by atoms with E-state index in [2.05, 4.69) is 45.9 Å². The summed E-state index contributed by atoms with van der Waals surface area (Å²) in [5.41, 5.74) is 0.900. The van der Waals surface area contributed by atoms with Crippen LogP contribution in [0.4, 0.5) is 5.69 Å². The number of aliphatic hydroxyl groups is 1. The van der Waals surface area contributed by atoms with Crippen LogP contribution >= 0.6 is 43.6 Å². The minimum atomic E-state index is -0.638. The second kappa shape index (κ2) is 7.18. The fourth-order valence-electron chi connectivity index (χ4n) is 1.35. The van der Waals surface area contributed by atoms with Crippen molar-refractivity contribution >= 4 is 49.3 Å². The summed E-state index contributed by atoms with van der Waals surface area (Å²) in [6.45, 7) is 0.541. The number of ether oxygens (including phenoxy) is 1. The molecule has 102 valence electrons. The van der Waals surface area contributed by atoms with Crippen molar-refractivity contribution < 1.29 is 9.84 Å². The second-order valence-electron chi connectivity index (χ2n) is 3.69. The molecule has 0 aliphatic heterocycles. The van der Waals surface area contributed by atoms with Gasteiger partial charge in [-0.2, -0.15) is 4.37 Å². The van der Waals surface area contributed by atoms with Gasteiger partial charge in [-0.1, -0.05) is 6.07 Å². The smallest absolute Gasteiger partial charge is 0.245 e. The predicted octanol–water partition coefficient (Wildman–Crippen LogP) is 2.91. The monoisotopic (exact) mass is 407 g/mol. The molecule has 0 saturated carbocycles. The van der Waals surface area contributed by atoms with Gasteiger partial charge in [0.15, 0.2) is 0 Å². The molecule has 0 aliphatic carbocycles. The Hall–Kier alpha value is -0.700. The van der Waals surface area contributed by atoms with Gasteiger partial charge in [-0.25, -0.2) is 0 Å². The SMILES string of the molecule is OC(CNc1c(Br)cccc1Br)COc1cnsn1. The number of nitrogens with one attached hydrogen (secondary N) is 1. The van der Waals surface area contributed by atoms with Crippen molar-refractivity contribution in [1.29, 1.82) is 0 Å². The Labute approximate surface area is 131 Å². The maximum atomic E-state index is 9.83. The lowest BCUT2D eigenvalue weighted by atomic mass is 10.3. The van der Waals surface area contributed by atoms with Gasteiger partial charge < -0.3 is 15.2 Å². The van der Waals surface area contributed by atoms with Crippen LogP contribution < -0.4 is 10.1 Å². The quantitative estimate of drug-likeness (QED) is 0.769. The number of aliphatic hydroxyl groups excluding tert-OH is 1. The number of nitrogens with zero attached hydrogens (tertiary/aromatic N) is 2. The molecule has 1 aromatic carbocycles. The van der Waals surface area contributed by atoms with Gasteiger partial charge in [0, 0.05) is 15.5 Å². The Balaban J connectivity index is 1.81. The van der Waals surface area contributed by atoms with E-state index in [0.717, 1.165) is 26.4 Å². The van der Waals surface area contributed by atoms with Crippen molar-refractivity contribution in [2.75, 3.05) is 18.5 Å². The van der Waals surface area contributed by atoms with Gasteiger partial charge >= 0.3 is 0 Å². The van der Waals surface area contributed by atoms with E-state index in [-0.39, 0.29) is 6.61 Å². The molecule has 0 radical (unpaired) electrons. The molecule has 0 amide bonds. The lowest BCUT2D eigenvalue weighted by Gasteiger charge is -2.14. The maximum absolute atomic E-state index is 9.83. The molecule has 0 saturated heterocycles. The average Bonchev–Trinajstić information content (AvgIpc) is 2.89. The van der Waals surface area contributed by atoms with Crippen LogP contribution in [-0.2, 0) is 0 Å². The molecule has 8 heteroatoms. The van der Waals surface area contributed by atoms with Gasteiger partial charge in [0.05, 0.1) is 17.4 Å². The van der Waals surface area contributed by atoms with Crippen molar-refractivity contribution in [2.45, 2.75) is 6.10 Å². The zero-order valence-electron chi connectivity index (χ0n) is 9.72. The summed E-state index contributed by atoms with van der Waals surface area (Å²) in [5.74, 6) is 0.436. The first-order valence-corrected chi connectivity index (χ1v) is 7.74. The summed E-state index contributed by atoms with van der Waals surface area (Å²) < 4.78 is 14.8. The number of para-hydroxylation sites is 1. The summed E-state index contributed by atoms with van der Waals surface area (Å²) in [7, 11) is 0. The van der Waals surface area contributed by atoms with E-state index in [4.69, 9.17) is 4.74 Å². The Morgan fingerprint density at radius 2 is 2.11 bits per heavy atom. The van der Waals surface area contributed by atoms with Gasteiger partial charge in [-0.05, 0) is 44.0 Å². The molecule has 2 N–H and O–H groups in total. The molecule has 19 heavy (non-hydrogen) atoms. The standard InChI is InChI=1S/C11H11Br2N3O2S/c12-8-2-1-3-9(13)11(8)14-4-7(17)6-18-10-5-15-19-16-10/h1-3,5,7,14,17H,4,6H2. The molecule has 5 nitrogen and oxygen atoms in total. The average molecular weight is 409 g/mol. The van der Waals surface area contributed by atoms with Crippen LogP contribution in [0.2, 0.25) is 0 Å². The van der Waals surface area contributed by atoms with Crippen LogP contribution in [0.1, 0.15) is 0 Å². The van der Waals surface area contributed by atoms with Crippen LogP contribution in [0.15, 0.2) is 33.3 Å². The van der Waals surface area contributed by atoms with Crippen LogP contribution in [0.5, 0.6) is 5.88 Å². The summed E-state index contributed by atoms with van der Waals surface area (Å²) in [4.78, 5) is 0. The minimum Gasteiger partial charge on any atom is -0.473 e. The molecule has 0 fully saturated rings. The number of aromatic nitrogens is 2. The molecule has 1 aromatic heterocycles. The third-order valence-electron chi connectivity index (χ3n) is 2.24. The zero-order chi connectivity index (χ0) is 13.7. The maximum Gasteiger partial charge on any atom is 0.245 e. The van der Waals surface area contributed by atoms with E-state index >= 15 is 0 Å². The summed E-state index contributed by atoms with van der Waals surface area (Å²) >= 11 is 7.96. The van der Waals surface area contributed by atoms with Crippen molar-refractivity contribution in [2.24, 2.45) is 0 Å². The van der Waals surface area contributed by atoms with Crippen LogP contribution in [0.3, 0.4) is 0 Å². The minimum absolute atomic E-state index is 0.167. The first kappa shape index (κ1) is 14.7. The summed E-state index contributed by atoms with van der Waals surface area (Å²) in [6, 6.07) is 5.78. The summed E-state index contributed by atoms with van der Waals surface area (Å²) in [5, 5.41) is 13.0. The van der Waals surface area contributed by atoms with Gasteiger partial charge in [0.25, 0.3) is 0 Å². The number of halogens is 2. The molecule has 2 rings (SSSR count). The highest BCUT2D eigenvalue weighted by Gasteiger charge is 2.09. The van der Waals surface area contributed by atoms with E-state index in [0.29, 0.717) is 12.4 Å². The highest BCUT2D eigenvalue weighted by molar-refractivity contribution is 9.11. The zero-order valence-corrected chi connectivity index (χ0v) is 13.7. The van der Waals surface area contributed by atoms with E-state index in [1.807, 2.05) is 18.2 Å². The van der Waals surface area contributed by atoms with Gasteiger partial charge in [-0.15, -0.1) is 4.37 Å². The van der Waals surface area contributed by atoms with Crippen molar-refractivity contribution in [3.05, 3.63) is 33.3 Å². The molecule has 0 aliphatic rings. The fourth-order valence-corrected chi connectivity index (χ4v) is 2.99. The third-order valence-corrected chi connectivity index (χ3v) is 4.02. The van der Waals surface area contributed by atoms with Crippen molar-refractivity contribution in [1.82, 2.24) is 8.75 Å². The number of anilines is 1. The molecule has 1 atom stereocenters. The molecule has 1 heterocycles. The van der Waals surface area contributed by atoms with Gasteiger partial charge in [-0.3, -0.25) is 0 Å². The summed E-state index contributed by atoms with van der Waals surface area (Å²) in [6.07, 6.45) is 0.885. The number of rotatable bonds is 6. The molecule has 1 unspecified atom stereocenters. The van der Waals surface area contributed by atoms with Crippen LogP contribution in [0.25, 0.3) is 0 Å². The van der Waals surface area contributed by atoms with Crippen LogP contribution in [0, 0.1) is 0 Å². The molecule has 0 bridgehead atoms. The van der Waals surface area contributed by atoms with E-state index in [9.17, 15) is 5.11 Å². The fraction of sp³-hybridized carbons (Fsp3) is 0.273. The normalized spacial score (nSPS) is 12.2. The number of benzene rings is 1. The lowest BCUT2D eigenvalue weighted by molar-refractivity contribution is 0.115. The first-order chi connectivity index (χ1) is 9.16. The third kappa shape index (κ3) is 4.41. The van der Waals surface area contributed by atoms with Crippen molar-refractivity contribution in [3.8, 4) is 5.88 Å². The Morgan fingerprint density at radius 1 is 1.37 bits per heavy atom. The molecular formula is C11H11Br2N3O2S. The highest BCUT2D eigenvalue weighted by atomic mass is 79.9. The van der Waals surface area contributed by atoms with E-state index < -0.39 is 6.10 Å². The number of hydrogen-bond donors (Lipinski definition) is 2. The molecule has 0 spiro atoms. The Kier molecular flexibility index (Phi) is 5.56. The predicted molar refractivity (Wildman–Crippen MR) is 81.7 cm³/mol. The van der Waals surface area contributed by atoms with E-state index in [1.54, 1.807) is 0 Å². The van der Waals surface area contributed by atoms with Gasteiger partial charge in [0.1, 0.15) is 18.9 Å². The largest absolute Gasteiger partial charge is 0.473 e. The second-order valence-corrected chi connectivity index (χ2v) is 5.95. The van der Waals surface area contributed by atoms with Crippen molar-refractivity contribution in [3.63, 3.8) is 0 Å². The van der Waals surface area contributed by atoms with E-state index in [1.165, 1.54) is 6.20 Å². The topological polar surface area (TPSA) is 67.3 Å². The van der Waals surface area contributed by atoms with Crippen LogP contribution in [-0.4, -0.2) is 33.1 Å². The molecule has 2 aromatic rings. The Bertz CT molecular complexity index is 504. The lowest BCUT2D eigenvalue weighted by Crippen LogP contribution is -2.26. The Morgan fingerprint density at radius 3 is 2.74 bits per heavy atom. The number of hydrogen-bond acceptors (Lipinski definition) is 6. The first-order valence-electron chi connectivity index (χ1n) is 5.43. The molecular weight excluding hydrogens is 398 g/mol. The highest BCUT2D eigenvalue weighted by Crippen LogP contribution is 2.30. The van der Waals surface area contributed by atoms with Gasteiger partial charge in [0.2, 0.25) is 5.88 Å².